The average Bonchev–Trinajstić information content (AvgIpc) is 2.73. The SMILES string of the molecule is N#C/C(=C\c1ccc(OCc2ccccc2F)cc1)C(=O)NC1CCCCC1. The predicted molar refractivity (Wildman–Crippen MR) is 106 cm³/mol. The topological polar surface area (TPSA) is 62.1 Å². The van der Waals surface area contributed by atoms with Gasteiger partial charge in [0, 0.05) is 11.6 Å². The van der Waals surface area contributed by atoms with Crippen LogP contribution in [0.1, 0.15) is 43.2 Å². The van der Waals surface area contributed by atoms with Crippen LogP contribution < -0.4 is 10.1 Å². The Balaban J connectivity index is 1.60. The van der Waals surface area contributed by atoms with E-state index < -0.39 is 0 Å². The number of ether oxygens (including phenoxy) is 1. The number of hydrogen-bond donors (Lipinski definition) is 1. The molecule has 2 aromatic rings. The molecule has 28 heavy (non-hydrogen) atoms. The maximum absolute atomic E-state index is 13.6. The molecule has 0 atom stereocenters. The zero-order valence-corrected chi connectivity index (χ0v) is 15.7. The summed E-state index contributed by atoms with van der Waals surface area (Å²) in [6, 6.07) is 15.6. The highest BCUT2D eigenvalue weighted by atomic mass is 19.1. The maximum Gasteiger partial charge on any atom is 0.262 e. The lowest BCUT2D eigenvalue weighted by Crippen LogP contribution is -2.36. The number of carbonyl (C=O) groups excluding carboxylic acids is 1. The van der Waals surface area contributed by atoms with Gasteiger partial charge in [0.2, 0.25) is 0 Å². The van der Waals surface area contributed by atoms with E-state index >= 15 is 0 Å². The van der Waals surface area contributed by atoms with Crippen molar-refractivity contribution in [3.63, 3.8) is 0 Å². The van der Waals surface area contributed by atoms with E-state index in [1.807, 2.05) is 6.07 Å². The van der Waals surface area contributed by atoms with Crippen LogP contribution in [0.5, 0.6) is 5.75 Å². The van der Waals surface area contributed by atoms with Crippen molar-refractivity contribution in [2.45, 2.75) is 44.8 Å². The molecule has 1 fully saturated rings. The second kappa shape index (κ2) is 9.70. The Morgan fingerprint density at radius 3 is 2.54 bits per heavy atom. The quantitative estimate of drug-likeness (QED) is 0.582. The minimum atomic E-state index is -0.325. The fourth-order valence-corrected chi connectivity index (χ4v) is 3.26. The van der Waals surface area contributed by atoms with Crippen LogP contribution in [-0.4, -0.2) is 11.9 Å². The van der Waals surface area contributed by atoms with Crippen LogP contribution in [0.15, 0.2) is 54.1 Å². The molecule has 1 amide bonds. The summed E-state index contributed by atoms with van der Waals surface area (Å²) in [5.41, 5.74) is 1.30. The third-order valence-electron chi connectivity index (χ3n) is 4.85. The monoisotopic (exact) mass is 378 g/mol. The Hall–Kier alpha value is -3.13. The molecule has 2 aromatic carbocycles. The molecule has 1 N–H and O–H groups in total. The van der Waals surface area contributed by atoms with E-state index in [0.29, 0.717) is 11.3 Å². The molecule has 1 aliphatic rings. The lowest BCUT2D eigenvalue weighted by molar-refractivity contribution is -0.117. The summed E-state index contributed by atoms with van der Waals surface area (Å²) in [5, 5.41) is 12.3. The number of carbonyl (C=O) groups is 1. The molecule has 4 nitrogen and oxygen atoms in total. The predicted octanol–water partition coefficient (Wildman–Crippen LogP) is 4.76. The number of benzene rings is 2. The van der Waals surface area contributed by atoms with Crippen molar-refractivity contribution < 1.29 is 13.9 Å². The summed E-state index contributed by atoms with van der Waals surface area (Å²) in [4.78, 5) is 12.3. The smallest absolute Gasteiger partial charge is 0.262 e. The molecule has 5 heteroatoms. The first-order valence-electron chi connectivity index (χ1n) is 9.54. The second-order valence-electron chi connectivity index (χ2n) is 6.93. The van der Waals surface area contributed by atoms with Gasteiger partial charge >= 0.3 is 0 Å². The summed E-state index contributed by atoms with van der Waals surface area (Å²) in [5.74, 6) is -0.0375. The van der Waals surface area contributed by atoms with Gasteiger partial charge in [-0.3, -0.25) is 4.79 Å². The van der Waals surface area contributed by atoms with Crippen LogP contribution in [0.2, 0.25) is 0 Å². The molecule has 0 heterocycles. The Morgan fingerprint density at radius 1 is 1.14 bits per heavy atom. The number of rotatable bonds is 6. The number of hydrogen-bond acceptors (Lipinski definition) is 3. The van der Waals surface area contributed by atoms with Crippen LogP contribution in [0, 0.1) is 17.1 Å². The van der Waals surface area contributed by atoms with Crippen molar-refractivity contribution in [3.8, 4) is 11.8 Å². The summed E-state index contributed by atoms with van der Waals surface area (Å²) >= 11 is 0. The van der Waals surface area contributed by atoms with Crippen molar-refractivity contribution >= 4 is 12.0 Å². The van der Waals surface area contributed by atoms with Crippen LogP contribution in [0.25, 0.3) is 6.08 Å². The molecule has 0 unspecified atom stereocenters. The van der Waals surface area contributed by atoms with Crippen LogP contribution >= 0.6 is 0 Å². The van der Waals surface area contributed by atoms with Crippen molar-refractivity contribution in [1.82, 2.24) is 5.32 Å². The van der Waals surface area contributed by atoms with E-state index in [9.17, 15) is 14.4 Å². The minimum absolute atomic E-state index is 0.0885. The van der Waals surface area contributed by atoms with E-state index in [1.165, 1.54) is 12.5 Å². The first kappa shape index (κ1) is 19.6. The minimum Gasteiger partial charge on any atom is -0.489 e. The highest BCUT2D eigenvalue weighted by Gasteiger charge is 2.18. The fourth-order valence-electron chi connectivity index (χ4n) is 3.26. The van der Waals surface area contributed by atoms with Gasteiger partial charge in [-0.25, -0.2) is 4.39 Å². The molecule has 144 valence electrons. The van der Waals surface area contributed by atoms with Crippen LogP contribution in [0.4, 0.5) is 4.39 Å². The van der Waals surface area contributed by atoms with Crippen LogP contribution in [-0.2, 0) is 11.4 Å². The molecule has 0 bridgehead atoms. The average molecular weight is 378 g/mol. The maximum atomic E-state index is 13.6. The van der Waals surface area contributed by atoms with Gasteiger partial charge < -0.3 is 10.1 Å². The van der Waals surface area contributed by atoms with Crippen molar-refractivity contribution in [2.24, 2.45) is 0 Å². The summed E-state index contributed by atoms with van der Waals surface area (Å²) in [6.45, 7) is 0.134. The molecule has 0 aliphatic heterocycles. The lowest BCUT2D eigenvalue weighted by Gasteiger charge is -2.22. The van der Waals surface area contributed by atoms with Crippen molar-refractivity contribution in [3.05, 3.63) is 71.0 Å². The Labute approximate surface area is 164 Å². The van der Waals surface area contributed by atoms with Gasteiger partial charge in [-0.15, -0.1) is 0 Å². The summed E-state index contributed by atoms with van der Waals surface area (Å²) < 4.78 is 19.2. The van der Waals surface area contributed by atoms with Crippen LogP contribution in [0.3, 0.4) is 0 Å². The highest BCUT2D eigenvalue weighted by molar-refractivity contribution is 6.01. The zero-order chi connectivity index (χ0) is 19.8. The Bertz CT molecular complexity index is 878. The number of nitrogens with zero attached hydrogens (tertiary/aromatic N) is 1. The van der Waals surface area contributed by atoms with Gasteiger partial charge in [0.1, 0.15) is 29.8 Å². The molecule has 0 spiro atoms. The third-order valence-corrected chi connectivity index (χ3v) is 4.85. The summed E-state index contributed by atoms with van der Waals surface area (Å²) in [6.07, 6.45) is 6.95. The fraction of sp³-hybridized carbons (Fsp3) is 0.304. The van der Waals surface area contributed by atoms with Crippen molar-refractivity contribution in [1.29, 1.82) is 5.26 Å². The molecule has 3 rings (SSSR count). The summed E-state index contributed by atoms with van der Waals surface area (Å²) in [7, 11) is 0. The highest BCUT2D eigenvalue weighted by Crippen LogP contribution is 2.19. The molecular formula is C23H23FN2O2. The molecule has 0 aromatic heterocycles. The van der Waals surface area contributed by atoms with Gasteiger partial charge in [0.25, 0.3) is 5.91 Å². The Kier molecular flexibility index (Phi) is 6.80. The van der Waals surface area contributed by atoms with E-state index in [0.717, 1.165) is 31.2 Å². The largest absolute Gasteiger partial charge is 0.489 e. The van der Waals surface area contributed by atoms with Gasteiger partial charge in [-0.1, -0.05) is 49.6 Å². The molecule has 1 aliphatic carbocycles. The number of halogens is 1. The molecular weight excluding hydrogens is 355 g/mol. The number of nitriles is 1. The Morgan fingerprint density at radius 2 is 1.86 bits per heavy atom. The molecule has 0 radical (unpaired) electrons. The van der Waals surface area contributed by atoms with E-state index in [-0.39, 0.29) is 29.9 Å². The standard InChI is InChI=1S/C23H23FN2O2/c24-22-9-5-4-6-18(22)16-28-21-12-10-17(11-13-21)14-19(15-25)23(27)26-20-7-2-1-3-8-20/h4-6,9-14,20H,1-3,7-8,16H2,(H,26,27)/b19-14+. The number of nitrogens with one attached hydrogen (secondary N) is 1. The first-order valence-corrected chi connectivity index (χ1v) is 9.54. The normalized spacial score (nSPS) is 14.9. The van der Waals surface area contributed by atoms with Crippen molar-refractivity contribution in [2.75, 3.05) is 0 Å². The van der Waals surface area contributed by atoms with Gasteiger partial charge in [0.05, 0.1) is 0 Å². The van der Waals surface area contributed by atoms with Gasteiger partial charge in [-0.2, -0.15) is 5.26 Å². The zero-order valence-electron chi connectivity index (χ0n) is 15.7. The van der Waals surface area contributed by atoms with Gasteiger partial charge in [0.15, 0.2) is 0 Å². The van der Waals surface area contributed by atoms with E-state index in [4.69, 9.17) is 4.74 Å². The molecule has 0 saturated heterocycles. The van der Waals surface area contributed by atoms with E-state index in [2.05, 4.69) is 5.32 Å². The van der Waals surface area contributed by atoms with E-state index in [1.54, 1.807) is 48.5 Å². The first-order chi connectivity index (χ1) is 13.7. The lowest BCUT2D eigenvalue weighted by atomic mass is 9.95. The number of amides is 1. The van der Waals surface area contributed by atoms with Gasteiger partial charge in [-0.05, 0) is 42.7 Å². The second-order valence-corrected chi connectivity index (χ2v) is 6.93. The third kappa shape index (κ3) is 5.43. The molecule has 1 saturated carbocycles.